The van der Waals surface area contributed by atoms with Crippen molar-refractivity contribution in [1.82, 2.24) is 0 Å². The van der Waals surface area contributed by atoms with Crippen LogP contribution in [0.25, 0.3) is 12.2 Å². The third-order valence-electron chi connectivity index (χ3n) is 7.13. The number of esters is 5. The molecule has 0 aliphatic carbocycles. The summed E-state index contributed by atoms with van der Waals surface area (Å²) in [6, 6.07) is 11.7. The maximum Gasteiger partial charge on any atom is 0.314 e. The molecule has 2 aromatic rings. The van der Waals surface area contributed by atoms with E-state index in [2.05, 4.69) is 0 Å². The molecule has 0 aromatic heterocycles. The molecule has 1 unspecified atom stereocenters. The van der Waals surface area contributed by atoms with E-state index in [1.54, 1.807) is 62.4 Å². The molecule has 12 heteroatoms. The third-order valence-corrected chi connectivity index (χ3v) is 7.13. The van der Waals surface area contributed by atoms with Gasteiger partial charge in [0.25, 0.3) is 0 Å². The summed E-state index contributed by atoms with van der Waals surface area (Å²) >= 11 is 0. The van der Waals surface area contributed by atoms with E-state index >= 15 is 0 Å². The summed E-state index contributed by atoms with van der Waals surface area (Å²) in [7, 11) is 0. The van der Waals surface area contributed by atoms with E-state index in [4.69, 9.17) is 28.8 Å². The maximum atomic E-state index is 12.7. The zero-order chi connectivity index (χ0) is 37.2. The third kappa shape index (κ3) is 15.5. The van der Waals surface area contributed by atoms with Crippen molar-refractivity contribution in [2.24, 2.45) is 0 Å². The van der Waals surface area contributed by atoms with E-state index in [1.807, 2.05) is 20.8 Å². The highest BCUT2D eigenvalue weighted by Crippen LogP contribution is 2.27. The zero-order valence-electron chi connectivity index (χ0n) is 29.6. The second-order valence-electron chi connectivity index (χ2n) is 12.0. The van der Waals surface area contributed by atoms with Crippen LogP contribution in [0.4, 0.5) is 0 Å². The standard InChI is InChI=1S/C38H48O12/c1-7-10-34(41)46-25(5)19-36(43)49-30-21-28(22-31(23-30)50-37(44)20-26(6)47-35(42)11-8-2)13-12-27-14-16-29(17-15-27)32(9-3)38(45)48-24(4)18-33(39)40/h12-17,21-26,32H,7-11,18-20H2,1-6H3,(H,39,40)/b13-12+/t24-,25-,26-,32?/m1/s1. The summed E-state index contributed by atoms with van der Waals surface area (Å²) in [6.07, 6.45) is 2.82. The van der Waals surface area contributed by atoms with Crippen molar-refractivity contribution in [3.05, 3.63) is 59.2 Å². The van der Waals surface area contributed by atoms with Crippen LogP contribution < -0.4 is 9.47 Å². The number of ether oxygens (including phenoxy) is 5. The van der Waals surface area contributed by atoms with E-state index in [-0.39, 0.29) is 43.6 Å². The highest BCUT2D eigenvalue weighted by Gasteiger charge is 2.23. The van der Waals surface area contributed by atoms with E-state index in [1.165, 1.54) is 13.0 Å². The van der Waals surface area contributed by atoms with Crippen molar-refractivity contribution in [3.8, 4) is 11.5 Å². The van der Waals surface area contributed by atoms with Gasteiger partial charge in [-0.15, -0.1) is 0 Å². The zero-order valence-corrected chi connectivity index (χ0v) is 29.6. The topological polar surface area (TPSA) is 169 Å². The van der Waals surface area contributed by atoms with Gasteiger partial charge in [0.05, 0.1) is 25.2 Å². The molecule has 0 saturated heterocycles. The SMILES string of the molecule is CCCC(=O)O[C@H](C)CC(=O)Oc1cc(/C=C/c2ccc(C(CC)C(=O)O[C@H](C)CC(=O)O)cc2)cc(OC(=O)C[C@@H](C)OC(=O)CCC)c1. The highest BCUT2D eigenvalue weighted by atomic mass is 16.6. The molecular weight excluding hydrogens is 648 g/mol. The minimum absolute atomic E-state index is 0.0891. The fourth-order valence-electron chi connectivity index (χ4n) is 4.82. The van der Waals surface area contributed by atoms with Gasteiger partial charge in [0, 0.05) is 18.9 Å². The largest absolute Gasteiger partial charge is 0.481 e. The molecule has 0 aliphatic rings. The Morgan fingerprint density at radius 1 is 0.620 bits per heavy atom. The first-order chi connectivity index (χ1) is 23.7. The van der Waals surface area contributed by atoms with Gasteiger partial charge in [-0.3, -0.25) is 28.8 Å². The number of carboxylic acid groups (broad SMARTS) is 1. The van der Waals surface area contributed by atoms with Crippen LogP contribution in [0.3, 0.4) is 0 Å². The fourth-order valence-corrected chi connectivity index (χ4v) is 4.82. The van der Waals surface area contributed by atoms with E-state index in [0.717, 1.165) is 5.56 Å². The Labute approximate surface area is 293 Å². The highest BCUT2D eigenvalue weighted by molar-refractivity contribution is 5.80. The molecule has 0 radical (unpaired) electrons. The lowest BCUT2D eigenvalue weighted by molar-refractivity contribution is -0.154. The van der Waals surface area contributed by atoms with E-state index in [0.29, 0.717) is 30.4 Å². The summed E-state index contributed by atoms with van der Waals surface area (Å²) < 4.78 is 26.9. The molecule has 12 nitrogen and oxygen atoms in total. The molecule has 272 valence electrons. The molecule has 2 aromatic carbocycles. The van der Waals surface area contributed by atoms with Gasteiger partial charge in [0.15, 0.2) is 0 Å². The summed E-state index contributed by atoms with van der Waals surface area (Å²) in [4.78, 5) is 72.7. The number of hydrogen-bond acceptors (Lipinski definition) is 11. The molecule has 2 rings (SSSR count). The van der Waals surface area contributed by atoms with Crippen molar-refractivity contribution in [3.63, 3.8) is 0 Å². The number of carbonyl (C=O) groups is 6. The van der Waals surface area contributed by atoms with Gasteiger partial charge < -0.3 is 28.8 Å². The number of hydrogen-bond donors (Lipinski definition) is 1. The molecule has 0 fully saturated rings. The molecule has 0 spiro atoms. The second kappa shape index (κ2) is 21.2. The number of rotatable bonds is 20. The number of carbonyl (C=O) groups excluding carboxylic acids is 5. The fraction of sp³-hybridized carbons (Fsp3) is 0.474. The minimum Gasteiger partial charge on any atom is -0.481 e. The van der Waals surface area contributed by atoms with Crippen LogP contribution in [-0.4, -0.2) is 59.2 Å². The van der Waals surface area contributed by atoms with Crippen LogP contribution in [0.15, 0.2) is 42.5 Å². The smallest absolute Gasteiger partial charge is 0.314 e. The summed E-state index contributed by atoms with van der Waals surface area (Å²) in [5.41, 5.74) is 2.00. The first-order valence-electron chi connectivity index (χ1n) is 16.9. The quantitative estimate of drug-likeness (QED) is 0.0665. The van der Waals surface area contributed by atoms with Crippen LogP contribution in [0.1, 0.15) is 116 Å². The molecule has 1 N–H and O–H groups in total. The number of aliphatic carboxylic acids is 1. The maximum absolute atomic E-state index is 12.7. The van der Waals surface area contributed by atoms with Gasteiger partial charge in [-0.05, 0) is 68.9 Å². The van der Waals surface area contributed by atoms with Crippen molar-refractivity contribution < 1.29 is 57.6 Å². The summed E-state index contributed by atoms with van der Waals surface area (Å²) in [5.74, 6) is -4.08. The monoisotopic (exact) mass is 696 g/mol. The Morgan fingerprint density at radius 2 is 1.08 bits per heavy atom. The van der Waals surface area contributed by atoms with Gasteiger partial charge in [0.2, 0.25) is 0 Å². The van der Waals surface area contributed by atoms with Gasteiger partial charge in [0.1, 0.15) is 29.8 Å². The molecule has 0 saturated carbocycles. The van der Waals surface area contributed by atoms with Crippen LogP contribution in [0.5, 0.6) is 11.5 Å². The molecule has 0 heterocycles. The normalized spacial score (nSPS) is 13.4. The van der Waals surface area contributed by atoms with Gasteiger partial charge in [-0.2, -0.15) is 0 Å². The molecule has 0 amide bonds. The van der Waals surface area contributed by atoms with Gasteiger partial charge in [-0.1, -0.05) is 57.2 Å². The first kappa shape index (κ1) is 41.2. The van der Waals surface area contributed by atoms with Crippen molar-refractivity contribution in [1.29, 1.82) is 0 Å². The molecule has 0 aliphatic heterocycles. The molecule has 4 atom stereocenters. The summed E-state index contributed by atoms with van der Waals surface area (Å²) in [6.45, 7) is 10.2. The first-order valence-corrected chi connectivity index (χ1v) is 16.9. The van der Waals surface area contributed by atoms with Crippen molar-refractivity contribution in [2.45, 2.75) is 117 Å². The van der Waals surface area contributed by atoms with Crippen LogP contribution in [0, 0.1) is 0 Å². The van der Waals surface area contributed by atoms with E-state index in [9.17, 15) is 28.8 Å². The van der Waals surface area contributed by atoms with Crippen LogP contribution in [0.2, 0.25) is 0 Å². The lowest BCUT2D eigenvalue weighted by Crippen LogP contribution is -2.23. The number of carboxylic acids is 1. The van der Waals surface area contributed by atoms with Crippen LogP contribution in [-0.2, 0) is 43.0 Å². The van der Waals surface area contributed by atoms with Gasteiger partial charge in [-0.25, -0.2) is 0 Å². The predicted octanol–water partition coefficient (Wildman–Crippen LogP) is 6.81. The Hall–Kier alpha value is -5.00. The van der Waals surface area contributed by atoms with E-state index < -0.39 is 60.0 Å². The van der Waals surface area contributed by atoms with Gasteiger partial charge >= 0.3 is 35.8 Å². The predicted molar refractivity (Wildman–Crippen MR) is 184 cm³/mol. The molecular formula is C38H48O12. The minimum atomic E-state index is -1.05. The molecule has 0 bridgehead atoms. The summed E-state index contributed by atoms with van der Waals surface area (Å²) in [5, 5.41) is 8.95. The Kier molecular flexibility index (Phi) is 17.4. The lowest BCUT2D eigenvalue weighted by Gasteiger charge is -2.18. The average molecular weight is 697 g/mol. The Morgan fingerprint density at radius 3 is 1.52 bits per heavy atom. The Balaban J connectivity index is 2.25. The van der Waals surface area contributed by atoms with Crippen LogP contribution >= 0.6 is 0 Å². The second-order valence-corrected chi connectivity index (χ2v) is 12.0. The molecule has 50 heavy (non-hydrogen) atoms. The lowest BCUT2D eigenvalue weighted by atomic mass is 9.95. The Bertz CT molecular complexity index is 1430. The van der Waals surface area contributed by atoms with Crippen molar-refractivity contribution >= 4 is 48.0 Å². The number of benzene rings is 2. The van der Waals surface area contributed by atoms with Crippen molar-refractivity contribution in [2.75, 3.05) is 0 Å². The average Bonchev–Trinajstić information content (AvgIpc) is 3.00.